The third-order valence-corrected chi connectivity index (χ3v) is 9.06. The van der Waals surface area contributed by atoms with E-state index in [0.29, 0.717) is 18.7 Å². The van der Waals surface area contributed by atoms with Gasteiger partial charge in [-0.2, -0.15) is 10.1 Å². The van der Waals surface area contributed by atoms with E-state index >= 15 is 0 Å². The third kappa shape index (κ3) is 4.55. The number of rotatable bonds is 6. The zero-order chi connectivity index (χ0) is 26.6. The van der Waals surface area contributed by atoms with Gasteiger partial charge in [0.2, 0.25) is 5.12 Å². The molecule has 1 unspecified atom stereocenters. The Bertz CT molecular complexity index is 1410. The maximum Gasteiger partial charge on any atom is 0.292 e. The van der Waals surface area contributed by atoms with Crippen LogP contribution in [0.25, 0.3) is 22.0 Å². The molecule has 0 amide bonds. The van der Waals surface area contributed by atoms with Gasteiger partial charge < -0.3 is 25.0 Å². The monoisotopic (exact) mass is 549 g/mol. The lowest BCUT2D eigenvalue weighted by atomic mass is 9.93. The van der Waals surface area contributed by atoms with Crippen LogP contribution >= 0.6 is 11.6 Å². The Labute approximate surface area is 233 Å². The van der Waals surface area contributed by atoms with Gasteiger partial charge in [-0.15, -0.1) is 0 Å². The van der Waals surface area contributed by atoms with Crippen molar-refractivity contribution in [2.45, 2.75) is 49.9 Å². The average molecular weight is 550 g/mol. The van der Waals surface area contributed by atoms with Crippen molar-refractivity contribution in [2.24, 2.45) is 4.99 Å². The number of aromatic nitrogens is 2. The molecule has 1 aliphatic carbocycles. The van der Waals surface area contributed by atoms with Gasteiger partial charge in [-0.25, -0.2) is 0 Å². The Morgan fingerprint density at radius 1 is 1.10 bits per heavy atom. The summed E-state index contributed by atoms with van der Waals surface area (Å²) >= 11 is 7.58. The Balaban J connectivity index is 1.37. The van der Waals surface area contributed by atoms with Crippen molar-refractivity contribution < 1.29 is 9.47 Å². The average Bonchev–Trinajstić information content (AvgIpc) is 3.47. The Morgan fingerprint density at radius 2 is 1.95 bits per heavy atom. The topological polar surface area (TPSA) is 90.0 Å². The number of nitrogens with zero attached hydrogens (tertiary/aromatic N) is 4. The van der Waals surface area contributed by atoms with E-state index in [4.69, 9.17) is 26.1 Å². The Morgan fingerprint density at radius 3 is 2.72 bits per heavy atom. The predicted molar refractivity (Wildman–Crippen MR) is 154 cm³/mol. The zero-order valence-electron chi connectivity index (χ0n) is 22.6. The molecule has 3 N–H and O–H groups in total. The van der Waals surface area contributed by atoms with Crippen molar-refractivity contribution in [1.82, 2.24) is 30.6 Å². The van der Waals surface area contributed by atoms with Crippen LogP contribution in [0, 0.1) is 6.92 Å². The predicted octanol–water partition coefficient (Wildman–Crippen LogP) is 4.04. The molecule has 4 heterocycles. The van der Waals surface area contributed by atoms with Crippen molar-refractivity contribution in [2.75, 3.05) is 46.4 Å². The van der Waals surface area contributed by atoms with Crippen LogP contribution in [-0.2, 0) is 9.86 Å². The summed E-state index contributed by atoms with van der Waals surface area (Å²) in [5.74, 6) is 0.771. The van der Waals surface area contributed by atoms with Crippen LogP contribution in [0.1, 0.15) is 36.8 Å². The molecule has 2 atom stereocenters. The van der Waals surface area contributed by atoms with Crippen LogP contribution in [0.15, 0.2) is 35.5 Å². The van der Waals surface area contributed by atoms with E-state index in [1.165, 1.54) is 6.42 Å². The highest BCUT2D eigenvalue weighted by atomic mass is 35.5. The number of aliphatic imine (C=N–C) groups is 1. The second-order valence-electron chi connectivity index (χ2n) is 11.2. The van der Waals surface area contributed by atoms with E-state index in [2.05, 4.69) is 68.9 Å². The number of fused-ring (bicyclic) bond motifs is 2. The molecule has 1 saturated carbocycles. The lowest BCUT2D eigenvalue weighted by Gasteiger charge is -2.44. The Kier molecular flexibility index (Phi) is 6.42. The number of amidine groups is 1. The molecular weight excluding hydrogens is 514 g/mol. The number of likely N-dealkylation sites (tertiary alicyclic amines) is 1. The second-order valence-corrected chi connectivity index (χ2v) is 11.8. The molecule has 0 bridgehead atoms. The van der Waals surface area contributed by atoms with Gasteiger partial charge in [0.05, 0.1) is 17.8 Å². The van der Waals surface area contributed by atoms with Gasteiger partial charge in [-0.05, 0) is 69.5 Å². The largest absolute Gasteiger partial charge is 0.487 e. The standard InChI is InChI=1S/C29H36ClN7O2/c1-18-5-10-24-22(16-32-35-24)25(18)21-8-9-23-26(27(21)39-20-6-7-20)33-28(38-17-19-4-3-13-36(19)2)34-29(23,30)37-14-11-31-12-15-37/h5,8-10,16,19-20,31H,3-4,6-7,11-15,17H2,1-2H3,(H,32,35)(H,33,34)/t19-,29?/m0/s1. The van der Waals surface area contributed by atoms with Gasteiger partial charge in [0.1, 0.15) is 12.3 Å². The molecule has 0 spiro atoms. The number of ether oxygens (including phenoxy) is 2. The van der Waals surface area contributed by atoms with Gasteiger partial charge in [0.25, 0.3) is 6.02 Å². The maximum absolute atomic E-state index is 7.58. The lowest BCUT2D eigenvalue weighted by molar-refractivity contribution is 0.110. The number of alkyl halides is 1. The highest BCUT2D eigenvalue weighted by Gasteiger charge is 2.45. The number of aryl methyl sites for hydroxylation is 1. The van der Waals surface area contributed by atoms with E-state index < -0.39 is 5.12 Å². The van der Waals surface area contributed by atoms with Crippen LogP contribution in [0.5, 0.6) is 5.75 Å². The smallest absolute Gasteiger partial charge is 0.292 e. The van der Waals surface area contributed by atoms with Crippen LogP contribution < -0.4 is 15.4 Å². The fourth-order valence-electron chi connectivity index (χ4n) is 6.10. The molecule has 39 heavy (non-hydrogen) atoms. The molecule has 3 aromatic rings. The van der Waals surface area contributed by atoms with Crippen molar-refractivity contribution in [3.05, 3.63) is 41.6 Å². The summed E-state index contributed by atoms with van der Waals surface area (Å²) in [5, 5.41) is 14.4. The molecule has 10 heteroatoms. The van der Waals surface area contributed by atoms with Crippen molar-refractivity contribution in [3.63, 3.8) is 0 Å². The molecule has 4 aliphatic rings. The van der Waals surface area contributed by atoms with Crippen LogP contribution in [0.2, 0.25) is 0 Å². The number of H-pyrrole nitrogens is 1. The maximum atomic E-state index is 7.58. The molecule has 2 aromatic carbocycles. The molecule has 2 saturated heterocycles. The number of piperazine rings is 1. The molecule has 206 valence electrons. The van der Waals surface area contributed by atoms with E-state index in [-0.39, 0.29) is 6.10 Å². The summed E-state index contributed by atoms with van der Waals surface area (Å²) in [4.78, 5) is 9.70. The summed E-state index contributed by atoms with van der Waals surface area (Å²) in [6, 6.07) is 9.27. The van der Waals surface area contributed by atoms with Crippen LogP contribution in [0.3, 0.4) is 0 Å². The zero-order valence-corrected chi connectivity index (χ0v) is 23.4. The summed E-state index contributed by atoms with van der Waals surface area (Å²) in [6.07, 6.45) is 6.47. The Hall–Kier alpha value is -2.85. The lowest BCUT2D eigenvalue weighted by Crippen LogP contribution is -2.60. The van der Waals surface area contributed by atoms with Crippen LogP contribution in [-0.4, -0.2) is 84.5 Å². The van der Waals surface area contributed by atoms with Gasteiger partial charge in [0.15, 0.2) is 5.75 Å². The number of hydrogen-bond acceptors (Lipinski definition) is 8. The number of benzene rings is 2. The molecule has 7 rings (SSSR count). The summed E-state index contributed by atoms with van der Waals surface area (Å²) in [7, 11) is 2.16. The second kappa shape index (κ2) is 9.96. The van der Waals surface area contributed by atoms with E-state index in [1.807, 2.05) is 6.20 Å². The summed E-state index contributed by atoms with van der Waals surface area (Å²) < 4.78 is 13.1. The summed E-state index contributed by atoms with van der Waals surface area (Å²) in [6.45, 7) is 7.15. The fraction of sp³-hybridized carbons (Fsp3) is 0.517. The van der Waals surface area contributed by atoms with Gasteiger partial charge in [-0.1, -0.05) is 23.7 Å². The first-order valence-electron chi connectivity index (χ1n) is 14.1. The molecule has 0 radical (unpaired) electrons. The molecule has 9 nitrogen and oxygen atoms in total. The SMILES string of the molecule is Cc1ccc2[nH]ncc2c1-c1ccc2c(c1OC1CC1)N=C(OC[C@@H]1CCCN1C)NC2(Cl)N1CCNCC1. The van der Waals surface area contributed by atoms with Crippen molar-refractivity contribution in [3.8, 4) is 16.9 Å². The number of hydrogen-bond donors (Lipinski definition) is 3. The molecule has 1 aromatic heterocycles. The normalized spacial score (nSPS) is 25.8. The number of nitrogens with one attached hydrogen (secondary N) is 3. The highest BCUT2D eigenvalue weighted by molar-refractivity contribution is 6.25. The minimum atomic E-state index is -0.993. The van der Waals surface area contributed by atoms with Crippen molar-refractivity contribution >= 4 is 34.2 Å². The number of aromatic amines is 1. The first kappa shape index (κ1) is 25.1. The molecular formula is C29H36ClN7O2. The van der Waals surface area contributed by atoms with E-state index in [9.17, 15) is 0 Å². The summed E-state index contributed by atoms with van der Waals surface area (Å²) in [5.41, 5.74) is 5.90. The van der Waals surface area contributed by atoms with Gasteiger partial charge in [0, 0.05) is 48.7 Å². The van der Waals surface area contributed by atoms with Crippen LogP contribution in [0.4, 0.5) is 5.69 Å². The molecule has 3 fully saturated rings. The van der Waals surface area contributed by atoms with E-state index in [1.54, 1.807) is 0 Å². The fourth-order valence-corrected chi connectivity index (χ4v) is 6.50. The van der Waals surface area contributed by atoms with E-state index in [0.717, 1.165) is 96.6 Å². The quantitative estimate of drug-likeness (QED) is 0.316. The van der Waals surface area contributed by atoms with Gasteiger partial charge >= 0.3 is 0 Å². The van der Waals surface area contributed by atoms with Gasteiger partial charge in [-0.3, -0.25) is 10.00 Å². The number of likely N-dealkylation sites (N-methyl/N-ethyl adjacent to an activating group) is 1. The van der Waals surface area contributed by atoms with Crippen molar-refractivity contribution in [1.29, 1.82) is 0 Å². The minimum absolute atomic E-state index is 0.185. The molecule has 3 aliphatic heterocycles. The first-order valence-corrected chi connectivity index (χ1v) is 14.5. The third-order valence-electron chi connectivity index (χ3n) is 8.52. The highest BCUT2D eigenvalue weighted by Crippen LogP contribution is 2.51. The minimum Gasteiger partial charge on any atom is -0.487 e. The first-order chi connectivity index (χ1) is 19.0. The number of halogens is 1.